The summed E-state index contributed by atoms with van der Waals surface area (Å²) < 4.78 is 16.9. The Morgan fingerprint density at radius 3 is 0.736 bits per heavy atom. The first-order chi connectivity index (χ1) is 35.5. The number of carbonyl (C=O) groups excluding carboxylic acids is 3. The lowest BCUT2D eigenvalue weighted by Gasteiger charge is -2.18. The van der Waals surface area contributed by atoms with Crippen LogP contribution in [0.5, 0.6) is 0 Å². The van der Waals surface area contributed by atoms with Gasteiger partial charge in [0.15, 0.2) is 6.10 Å². The maximum absolute atomic E-state index is 12.8. The lowest BCUT2D eigenvalue weighted by atomic mass is 10.0. The zero-order valence-electron chi connectivity index (χ0n) is 48.7. The SMILES string of the molecule is CCCC/C=C\CCCCCCCC(=O)OCC(COC(=O)CCCCCCCCCCCCCCCCCCCCCCCCCCCCCCC)OC(=O)CCCCCCC/C=C\CCCCCCC. The van der Waals surface area contributed by atoms with Gasteiger partial charge in [-0.25, -0.2) is 0 Å². The van der Waals surface area contributed by atoms with Gasteiger partial charge in [-0.1, -0.05) is 302 Å². The number of ether oxygens (including phenoxy) is 3. The molecule has 0 aliphatic rings. The van der Waals surface area contributed by atoms with Crippen molar-refractivity contribution in [2.24, 2.45) is 0 Å². The van der Waals surface area contributed by atoms with Crippen LogP contribution in [-0.2, 0) is 28.6 Å². The summed E-state index contributed by atoms with van der Waals surface area (Å²) in [6, 6.07) is 0. The third-order valence-electron chi connectivity index (χ3n) is 14.7. The van der Waals surface area contributed by atoms with E-state index < -0.39 is 6.10 Å². The van der Waals surface area contributed by atoms with Gasteiger partial charge >= 0.3 is 17.9 Å². The smallest absolute Gasteiger partial charge is 0.306 e. The minimum absolute atomic E-state index is 0.0729. The largest absolute Gasteiger partial charge is 0.462 e. The summed E-state index contributed by atoms with van der Waals surface area (Å²) >= 11 is 0. The Balaban J connectivity index is 4.09. The van der Waals surface area contributed by atoms with Gasteiger partial charge in [0.2, 0.25) is 0 Å². The van der Waals surface area contributed by atoms with Crippen molar-refractivity contribution in [2.75, 3.05) is 13.2 Å². The van der Waals surface area contributed by atoms with Gasteiger partial charge in [-0.15, -0.1) is 0 Å². The fourth-order valence-electron chi connectivity index (χ4n) is 9.78. The molecule has 72 heavy (non-hydrogen) atoms. The number of carbonyl (C=O) groups is 3. The van der Waals surface area contributed by atoms with E-state index in [4.69, 9.17) is 14.2 Å². The number of rotatable bonds is 60. The molecule has 0 N–H and O–H groups in total. The van der Waals surface area contributed by atoms with Gasteiger partial charge in [-0.2, -0.15) is 0 Å². The topological polar surface area (TPSA) is 78.9 Å². The first-order valence-corrected chi connectivity index (χ1v) is 32.3. The van der Waals surface area contributed by atoms with Gasteiger partial charge in [-0.05, 0) is 64.2 Å². The summed E-state index contributed by atoms with van der Waals surface area (Å²) in [4.78, 5) is 38.1. The third-order valence-corrected chi connectivity index (χ3v) is 14.7. The second-order valence-electron chi connectivity index (χ2n) is 22.0. The summed E-state index contributed by atoms with van der Waals surface area (Å²) in [7, 11) is 0. The average Bonchev–Trinajstić information content (AvgIpc) is 3.38. The predicted molar refractivity (Wildman–Crippen MR) is 312 cm³/mol. The molecule has 0 heterocycles. The van der Waals surface area contributed by atoms with Crippen molar-refractivity contribution < 1.29 is 28.6 Å². The molecule has 0 bridgehead atoms. The molecular weight excluding hydrogens is 889 g/mol. The minimum Gasteiger partial charge on any atom is -0.462 e. The molecule has 0 radical (unpaired) electrons. The summed E-state index contributed by atoms with van der Waals surface area (Å²) in [5.74, 6) is -0.871. The van der Waals surface area contributed by atoms with Crippen molar-refractivity contribution in [2.45, 2.75) is 367 Å². The molecule has 0 aromatic rings. The fourth-order valence-corrected chi connectivity index (χ4v) is 9.78. The maximum atomic E-state index is 12.8. The molecule has 424 valence electrons. The standard InChI is InChI=1S/C66H124O6/c1-4-7-10-13-16-19-22-24-26-27-28-29-30-31-32-33-34-35-36-37-38-39-40-42-44-47-50-53-56-59-65(68)71-62-63(61-70-64(67)58-55-52-49-46-43-21-18-15-12-9-6-3)72-66(69)60-57-54-51-48-45-41-25-23-20-17-14-11-8-5-2/h15,18,23,25,63H,4-14,16-17,19-22,24,26-62H2,1-3H3/b18-15-,25-23-. The van der Waals surface area contributed by atoms with E-state index in [0.717, 1.165) is 70.6 Å². The molecule has 0 saturated carbocycles. The van der Waals surface area contributed by atoms with Crippen LogP contribution in [0.15, 0.2) is 24.3 Å². The molecule has 0 aliphatic carbocycles. The van der Waals surface area contributed by atoms with E-state index in [9.17, 15) is 14.4 Å². The van der Waals surface area contributed by atoms with Crippen molar-refractivity contribution in [3.63, 3.8) is 0 Å². The van der Waals surface area contributed by atoms with Crippen LogP contribution in [0.3, 0.4) is 0 Å². The molecule has 0 rings (SSSR count). The molecule has 0 aromatic carbocycles. The second kappa shape index (κ2) is 61.4. The number of allylic oxidation sites excluding steroid dienone is 4. The highest BCUT2D eigenvalue weighted by Gasteiger charge is 2.19. The summed E-state index contributed by atoms with van der Waals surface area (Å²) in [5.41, 5.74) is 0. The van der Waals surface area contributed by atoms with Crippen molar-refractivity contribution in [3.05, 3.63) is 24.3 Å². The Hall–Kier alpha value is -2.11. The summed E-state index contributed by atoms with van der Waals surface area (Å²) in [5, 5.41) is 0. The van der Waals surface area contributed by atoms with Gasteiger partial charge in [0, 0.05) is 19.3 Å². The molecular formula is C66H124O6. The molecule has 0 amide bonds. The summed E-state index contributed by atoms with van der Waals surface area (Å²) in [6.45, 7) is 6.63. The van der Waals surface area contributed by atoms with Crippen molar-refractivity contribution in [1.82, 2.24) is 0 Å². The van der Waals surface area contributed by atoms with Crippen molar-refractivity contribution in [3.8, 4) is 0 Å². The summed E-state index contributed by atoms with van der Waals surface area (Å²) in [6.07, 6.45) is 73.6. The molecule has 6 heteroatoms. The van der Waals surface area contributed by atoms with Gasteiger partial charge < -0.3 is 14.2 Å². The number of hydrogen-bond donors (Lipinski definition) is 0. The Morgan fingerprint density at radius 1 is 0.264 bits per heavy atom. The quantitative estimate of drug-likeness (QED) is 0.0261. The van der Waals surface area contributed by atoms with E-state index in [0.29, 0.717) is 19.3 Å². The maximum Gasteiger partial charge on any atom is 0.306 e. The highest BCUT2D eigenvalue weighted by atomic mass is 16.6. The minimum atomic E-state index is -0.775. The van der Waals surface area contributed by atoms with Crippen LogP contribution < -0.4 is 0 Å². The van der Waals surface area contributed by atoms with Crippen LogP contribution in [0.25, 0.3) is 0 Å². The van der Waals surface area contributed by atoms with E-state index in [1.54, 1.807) is 0 Å². The van der Waals surface area contributed by atoms with Gasteiger partial charge in [0.05, 0.1) is 0 Å². The van der Waals surface area contributed by atoms with E-state index in [1.165, 1.54) is 250 Å². The normalized spacial score (nSPS) is 12.1. The molecule has 6 nitrogen and oxygen atoms in total. The Kier molecular flexibility index (Phi) is 59.6. The lowest BCUT2D eigenvalue weighted by Crippen LogP contribution is -2.30. The molecule has 0 saturated heterocycles. The van der Waals surface area contributed by atoms with Crippen LogP contribution in [-0.4, -0.2) is 37.2 Å². The zero-order valence-corrected chi connectivity index (χ0v) is 48.7. The Morgan fingerprint density at radius 2 is 0.472 bits per heavy atom. The molecule has 0 aliphatic heterocycles. The molecule has 0 fully saturated rings. The molecule has 0 spiro atoms. The highest BCUT2D eigenvalue weighted by molar-refractivity contribution is 5.71. The molecule has 1 unspecified atom stereocenters. The zero-order chi connectivity index (χ0) is 52.2. The van der Waals surface area contributed by atoms with Crippen molar-refractivity contribution >= 4 is 17.9 Å². The van der Waals surface area contributed by atoms with Gasteiger partial charge in [-0.3, -0.25) is 14.4 Å². The van der Waals surface area contributed by atoms with Gasteiger partial charge in [0.25, 0.3) is 0 Å². The van der Waals surface area contributed by atoms with E-state index in [1.807, 2.05) is 0 Å². The van der Waals surface area contributed by atoms with E-state index in [2.05, 4.69) is 45.1 Å². The first kappa shape index (κ1) is 69.9. The molecule has 1 atom stereocenters. The number of esters is 3. The fraction of sp³-hybridized carbons (Fsp3) is 0.894. The van der Waals surface area contributed by atoms with Crippen LogP contribution in [0.4, 0.5) is 0 Å². The first-order valence-electron chi connectivity index (χ1n) is 32.3. The van der Waals surface area contributed by atoms with E-state index in [-0.39, 0.29) is 31.1 Å². The van der Waals surface area contributed by atoms with Crippen LogP contribution >= 0.6 is 0 Å². The number of unbranched alkanes of at least 4 members (excludes halogenated alkanes) is 45. The third kappa shape index (κ3) is 58.8. The van der Waals surface area contributed by atoms with Crippen LogP contribution in [0, 0.1) is 0 Å². The van der Waals surface area contributed by atoms with Crippen molar-refractivity contribution in [1.29, 1.82) is 0 Å². The lowest BCUT2D eigenvalue weighted by molar-refractivity contribution is -0.167. The van der Waals surface area contributed by atoms with Crippen LogP contribution in [0.2, 0.25) is 0 Å². The van der Waals surface area contributed by atoms with Crippen LogP contribution in [0.1, 0.15) is 361 Å². The Labute approximate surface area is 449 Å². The average molecular weight is 1010 g/mol. The van der Waals surface area contributed by atoms with E-state index >= 15 is 0 Å². The number of hydrogen-bond acceptors (Lipinski definition) is 6. The Bertz CT molecular complexity index is 1160. The second-order valence-corrected chi connectivity index (χ2v) is 22.0. The van der Waals surface area contributed by atoms with Gasteiger partial charge in [0.1, 0.15) is 13.2 Å². The monoisotopic (exact) mass is 1010 g/mol. The predicted octanol–water partition coefficient (Wildman–Crippen LogP) is 21.8. The highest BCUT2D eigenvalue weighted by Crippen LogP contribution is 2.18. The molecule has 0 aromatic heterocycles.